The second-order valence-electron chi connectivity index (χ2n) is 9.16. The molecule has 2 aliphatic carbocycles. The molecular weight excluding hydrogens is 372 g/mol. The van der Waals surface area contributed by atoms with Gasteiger partial charge in [-0.3, -0.25) is 0 Å². The van der Waals surface area contributed by atoms with Crippen LogP contribution in [-0.4, -0.2) is 54.6 Å². The molecule has 1 amide bonds. The standard InChI is InChI=1S/C12H23N.C10H19NO5/c1-3-7-11(8-4-1)13-12-9-5-2-6-10-12;1-10(2,3)16-9(14)11-7(8(12)13)5-6-15-4/h11-13H,1-10H2;7H,5-6H2,1-4H3,(H,11,14)(H,12,13). The summed E-state index contributed by atoms with van der Waals surface area (Å²) in [5, 5.41) is 14.9. The van der Waals surface area contributed by atoms with E-state index in [1.165, 1.54) is 71.3 Å². The summed E-state index contributed by atoms with van der Waals surface area (Å²) in [6.07, 6.45) is 14.0. The molecule has 170 valence electrons. The number of ether oxygens (including phenoxy) is 2. The van der Waals surface area contributed by atoms with Gasteiger partial charge in [0, 0.05) is 32.2 Å². The monoisotopic (exact) mass is 414 g/mol. The van der Waals surface area contributed by atoms with E-state index in [0.29, 0.717) is 0 Å². The zero-order valence-electron chi connectivity index (χ0n) is 18.8. The van der Waals surface area contributed by atoms with Crippen LogP contribution in [0.15, 0.2) is 0 Å². The van der Waals surface area contributed by atoms with Gasteiger partial charge in [-0.1, -0.05) is 38.5 Å². The van der Waals surface area contributed by atoms with E-state index in [-0.39, 0.29) is 13.0 Å². The maximum absolute atomic E-state index is 11.3. The summed E-state index contributed by atoms with van der Waals surface area (Å²) < 4.78 is 9.69. The van der Waals surface area contributed by atoms with Gasteiger partial charge in [-0.2, -0.15) is 0 Å². The third kappa shape index (κ3) is 12.7. The van der Waals surface area contributed by atoms with Crippen LogP contribution < -0.4 is 10.6 Å². The summed E-state index contributed by atoms with van der Waals surface area (Å²) in [6.45, 7) is 5.37. The van der Waals surface area contributed by atoms with Crippen LogP contribution in [0.1, 0.15) is 91.4 Å². The van der Waals surface area contributed by atoms with E-state index in [2.05, 4.69) is 10.6 Å². The van der Waals surface area contributed by atoms with Gasteiger partial charge < -0.3 is 25.2 Å². The van der Waals surface area contributed by atoms with E-state index in [4.69, 9.17) is 14.6 Å². The summed E-state index contributed by atoms with van der Waals surface area (Å²) >= 11 is 0. The number of carboxylic acids is 1. The molecule has 2 fully saturated rings. The van der Waals surface area contributed by atoms with E-state index in [1.807, 2.05) is 0 Å². The van der Waals surface area contributed by atoms with Gasteiger partial charge in [-0.15, -0.1) is 0 Å². The largest absolute Gasteiger partial charge is 0.480 e. The lowest BCUT2D eigenvalue weighted by molar-refractivity contribution is -0.140. The van der Waals surface area contributed by atoms with Crippen LogP contribution in [0.25, 0.3) is 0 Å². The predicted octanol–water partition coefficient (Wildman–Crippen LogP) is 4.24. The lowest BCUT2D eigenvalue weighted by atomic mass is 9.91. The van der Waals surface area contributed by atoms with Crippen LogP contribution >= 0.6 is 0 Å². The number of alkyl carbamates (subject to hydrolysis) is 1. The Labute approximate surface area is 176 Å². The van der Waals surface area contributed by atoms with E-state index < -0.39 is 23.7 Å². The molecule has 7 nitrogen and oxygen atoms in total. The Morgan fingerprint density at radius 3 is 1.83 bits per heavy atom. The van der Waals surface area contributed by atoms with Crippen LogP contribution in [-0.2, 0) is 14.3 Å². The first kappa shape index (κ1) is 25.7. The van der Waals surface area contributed by atoms with Gasteiger partial charge in [-0.25, -0.2) is 9.59 Å². The minimum absolute atomic E-state index is 0.199. The van der Waals surface area contributed by atoms with E-state index in [9.17, 15) is 9.59 Å². The van der Waals surface area contributed by atoms with Gasteiger partial charge in [0.15, 0.2) is 0 Å². The first-order valence-electron chi connectivity index (χ1n) is 11.2. The first-order chi connectivity index (χ1) is 13.7. The molecular formula is C22H42N2O5. The molecule has 3 N–H and O–H groups in total. The minimum atomic E-state index is -1.11. The summed E-state index contributed by atoms with van der Waals surface area (Å²) in [5.74, 6) is -1.11. The van der Waals surface area contributed by atoms with Crippen molar-refractivity contribution < 1.29 is 24.2 Å². The molecule has 0 aliphatic heterocycles. The fourth-order valence-electron chi connectivity index (χ4n) is 3.81. The van der Waals surface area contributed by atoms with E-state index in [0.717, 1.165) is 12.1 Å². The van der Waals surface area contributed by atoms with Crippen molar-refractivity contribution in [2.45, 2.75) is 115 Å². The summed E-state index contributed by atoms with van der Waals surface area (Å²) in [4.78, 5) is 22.1. The van der Waals surface area contributed by atoms with Gasteiger partial charge in [0.2, 0.25) is 0 Å². The van der Waals surface area contributed by atoms with E-state index in [1.54, 1.807) is 20.8 Å². The minimum Gasteiger partial charge on any atom is -0.480 e. The Hall–Kier alpha value is -1.34. The molecule has 0 bridgehead atoms. The van der Waals surface area contributed by atoms with Crippen molar-refractivity contribution in [3.8, 4) is 0 Å². The average molecular weight is 415 g/mol. The van der Waals surface area contributed by atoms with Gasteiger partial charge in [0.05, 0.1) is 0 Å². The highest BCUT2D eigenvalue weighted by atomic mass is 16.6. The van der Waals surface area contributed by atoms with Gasteiger partial charge in [-0.05, 0) is 46.5 Å². The van der Waals surface area contributed by atoms with Gasteiger partial charge in [0.1, 0.15) is 11.6 Å². The first-order valence-corrected chi connectivity index (χ1v) is 11.2. The highest BCUT2D eigenvalue weighted by Crippen LogP contribution is 2.22. The molecule has 7 heteroatoms. The Balaban J connectivity index is 0.000000294. The molecule has 0 aromatic heterocycles. The molecule has 0 aromatic rings. The Morgan fingerprint density at radius 1 is 0.966 bits per heavy atom. The zero-order valence-corrected chi connectivity index (χ0v) is 18.8. The number of aliphatic carboxylic acids is 1. The normalized spacial score (nSPS) is 19.6. The lowest BCUT2D eigenvalue weighted by Crippen LogP contribution is -2.44. The number of carbonyl (C=O) groups is 2. The number of hydrogen-bond acceptors (Lipinski definition) is 5. The zero-order chi connectivity index (χ0) is 21.7. The number of nitrogens with one attached hydrogen (secondary N) is 2. The van der Waals surface area contributed by atoms with Crippen molar-refractivity contribution in [1.29, 1.82) is 0 Å². The third-order valence-electron chi connectivity index (χ3n) is 5.28. The number of amides is 1. The topological polar surface area (TPSA) is 96.9 Å². The van der Waals surface area contributed by atoms with Crippen molar-refractivity contribution >= 4 is 12.1 Å². The summed E-state index contributed by atoms with van der Waals surface area (Å²) in [7, 11) is 1.46. The van der Waals surface area contributed by atoms with Gasteiger partial charge in [0.25, 0.3) is 0 Å². The summed E-state index contributed by atoms with van der Waals surface area (Å²) in [6, 6.07) is 0.753. The highest BCUT2D eigenvalue weighted by Gasteiger charge is 2.23. The fourth-order valence-corrected chi connectivity index (χ4v) is 3.81. The molecule has 0 aromatic carbocycles. The number of carboxylic acid groups (broad SMARTS) is 1. The lowest BCUT2D eigenvalue weighted by Gasteiger charge is -2.30. The second kappa shape index (κ2) is 13.8. The van der Waals surface area contributed by atoms with Crippen molar-refractivity contribution in [1.82, 2.24) is 10.6 Å². The number of rotatable bonds is 7. The highest BCUT2D eigenvalue weighted by molar-refractivity contribution is 5.79. The van der Waals surface area contributed by atoms with Crippen molar-refractivity contribution in [2.75, 3.05) is 13.7 Å². The SMILES string of the molecule is C1CCC(NC2CCCCC2)CC1.COCCC(NC(=O)OC(C)(C)C)C(=O)O. The number of carbonyl (C=O) groups excluding carboxylic acids is 1. The van der Waals surface area contributed by atoms with Gasteiger partial charge >= 0.3 is 12.1 Å². The molecule has 2 saturated carbocycles. The molecule has 2 aliphatic rings. The van der Waals surface area contributed by atoms with Crippen molar-refractivity contribution in [3.05, 3.63) is 0 Å². The Kier molecular flexibility index (Phi) is 12.2. The Bertz CT molecular complexity index is 450. The molecule has 0 radical (unpaired) electrons. The van der Waals surface area contributed by atoms with Crippen molar-refractivity contribution in [3.63, 3.8) is 0 Å². The second-order valence-corrected chi connectivity index (χ2v) is 9.16. The van der Waals surface area contributed by atoms with Crippen LogP contribution in [0.2, 0.25) is 0 Å². The van der Waals surface area contributed by atoms with Crippen LogP contribution in [0.3, 0.4) is 0 Å². The van der Waals surface area contributed by atoms with Crippen LogP contribution in [0.4, 0.5) is 4.79 Å². The molecule has 0 heterocycles. The molecule has 29 heavy (non-hydrogen) atoms. The molecule has 0 saturated heterocycles. The maximum atomic E-state index is 11.3. The maximum Gasteiger partial charge on any atom is 0.408 e. The van der Waals surface area contributed by atoms with Crippen LogP contribution in [0, 0.1) is 0 Å². The number of hydrogen-bond donors (Lipinski definition) is 3. The van der Waals surface area contributed by atoms with E-state index >= 15 is 0 Å². The third-order valence-corrected chi connectivity index (χ3v) is 5.28. The van der Waals surface area contributed by atoms with Crippen LogP contribution in [0.5, 0.6) is 0 Å². The Morgan fingerprint density at radius 2 is 1.45 bits per heavy atom. The molecule has 2 rings (SSSR count). The fraction of sp³-hybridized carbons (Fsp3) is 0.909. The molecule has 1 unspecified atom stereocenters. The molecule has 0 spiro atoms. The molecule has 1 atom stereocenters. The predicted molar refractivity (Wildman–Crippen MR) is 114 cm³/mol. The van der Waals surface area contributed by atoms with Crippen molar-refractivity contribution in [2.24, 2.45) is 0 Å². The quantitative estimate of drug-likeness (QED) is 0.576. The summed E-state index contributed by atoms with van der Waals surface area (Å²) in [5.41, 5.74) is -0.644. The average Bonchev–Trinajstić information content (AvgIpc) is 2.65. The smallest absolute Gasteiger partial charge is 0.408 e. The number of methoxy groups -OCH3 is 1.